The lowest BCUT2D eigenvalue weighted by molar-refractivity contribution is -0.141. The lowest BCUT2D eigenvalue weighted by Gasteiger charge is -2.12. The first kappa shape index (κ1) is 14.4. The molecular formula is C12H25NO2. The monoisotopic (exact) mass is 215 g/mol. The summed E-state index contributed by atoms with van der Waals surface area (Å²) in [6.45, 7) is 8.01. The van der Waals surface area contributed by atoms with Crippen molar-refractivity contribution in [3.8, 4) is 0 Å². The first-order chi connectivity index (χ1) is 7.07. The molecule has 0 spiro atoms. The molecule has 0 aliphatic rings. The largest absolute Gasteiger partial charge is 0.481 e. The summed E-state index contributed by atoms with van der Waals surface area (Å²) in [5, 5.41) is 12.0. The molecule has 3 nitrogen and oxygen atoms in total. The molecule has 0 rings (SSSR count). The van der Waals surface area contributed by atoms with E-state index in [9.17, 15) is 4.79 Å². The Morgan fingerprint density at radius 1 is 1.33 bits per heavy atom. The summed E-state index contributed by atoms with van der Waals surface area (Å²) in [4.78, 5) is 10.5. The fraction of sp³-hybridized carbons (Fsp3) is 0.917. The van der Waals surface area contributed by atoms with Crippen LogP contribution in [0.25, 0.3) is 0 Å². The molecule has 0 aliphatic heterocycles. The van der Waals surface area contributed by atoms with Crippen LogP contribution in [0, 0.1) is 11.8 Å². The van der Waals surface area contributed by atoms with Gasteiger partial charge in [0, 0.05) is 0 Å². The molecule has 15 heavy (non-hydrogen) atoms. The minimum absolute atomic E-state index is 0.233. The fourth-order valence-corrected chi connectivity index (χ4v) is 1.45. The van der Waals surface area contributed by atoms with Crippen LogP contribution in [-0.2, 0) is 4.79 Å². The zero-order valence-electron chi connectivity index (χ0n) is 10.3. The summed E-state index contributed by atoms with van der Waals surface area (Å²) in [5.41, 5.74) is 0. The fourth-order valence-electron chi connectivity index (χ4n) is 1.45. The molecule has 0 radical (unpaired) electrons. The molecule has 0 bridgehead atoms. The predicted octanol–water partition coefficient (Wildman–Crippen LogP) is 2.51. The van der Waals surface area contributed by atoms with Crippen molar-refractivity contribution in [2.24, 2.45) is 11.8 Å². The van der Waals surface area contributed by atoms with Gasteiger partial charge in [0.25, 0.3) is 0 Å². The zero-order valence-corrected chi connectivity index (χ0v) is 10.3. The first-order valence-corrected chi connectivity index (χ1v) is 6.01. The van der Waals surface area contributed by atoms with Gasteiger partial charge in [0.15, 0.2) is 0 Å². The van der Waals surface area contributed by atoms with Gasteiger partial charge >= 0.3 is 5.97 Å². The van der Waals surface area contributed by atoms with Gasteiger partial charge in [0.05, 0.1) is 5.92 Å². The highest BCUT2D eigenvalue weighted by Crippen LogP contribution is 2.06. The highest BCUT2D eigenvalue weighted by atomic mass is 16.4. The Labute approximate surface area is 93.3 Å². The molecule has 0 aromatic carbocycles. The van der Waals surface area contributed by atoms with Crippen LogP contribution in [0.2, 0.25) is 0 Å². The van der Waals surface area contributed by atoms with Gasteiger partial charge in [-0.15, -0.1) is 0 Å². The van der Waals surface area contributed by atoms with Gasteiger partial charge in [-0.3, -0.25) is 4.79 Å². The minimum atomic E-state index is -0.698. The Hall–Kier alpha value is -0.570. The zero-order chi connectivity index (χ0) is 11.7. The number of unbranched alkanes of at least 4 members (excludes halogenated alkanes) is 1. The van der Waals surface area contributed by atoms with Crippen LogP contribution in [0.3, 0.4) is 0 Å². The van der Waals surface area contributed by atoms with Crippen LogP contribution in [0.15, 0.2) is 0 Å². The summed E-state index contributed by atoms with van der Waals surface area (Å²) in [7, 11) is 0. The summed E-state index contributed by atoms with van der Waals surface area (Å²) in [6.07, 6.45) is 4.52. The third-order valence-corrected chi connectivity index (χ3v) is 2.72. The molecule has 3 heteroatoms. The highest BCUT2D eigenvalue weighted by Gasteiger charge is 2.09. The molecule has 2 N–H and O–H groups in total. The molecule has 0 aromatic rings. The number of carboxylic acids is 1. The quantitative estimate of drug-likeness (QED) is 0.581. The Bertz CT molecular complexity index is 171. The third kappa shape index (κ3) is 8.43. The molecule has 0 saturated heterocycles. The minimum Gasteiger partial charge on any atom is -0.481 e. The summed E-state index contributed by atoms with van der Waals surface area (Å²) in [5.74, 6) is -0.232. The van der Waals surface area contributed by atoms with E-state index < -0.39 is 5.97 Å². The Morgan fingerprint density at radius 2 is 2.00 bits per heavy atom. The van der Waals surface area contributed by atoms with Crippen molar-refractivity contribution in [3.05, 3.63) is 0 Å². The van der Waals surface area contributed by atoms with Gasteiger partial charge in [-0.1, -0.05) is 33.6 Å². The number of carboxylic acid groups (broad SMARTS) is 1. The second-order valence-corrected chi connectivity index (χ2v) is 4.48. The molecule has 0 aromatic heterocycles. The molecule has 90 valence electrons. The van der Waals surface area contributed by atoms with Gasteiger partial charge < -0.3 is 10.4 Å². The highest BCUT2D eigenvalue weighted by molar-refractivity contribution is 5.69. The first-order valence-electron chi connectivity index (χ1n) is 6.01. The predicted molar refractivity (Wildman–Crippen MR) is 63.0 cm³/mol. The molecule has 0 aliphatic carbocycles. The van der Waals surface area contributed by atoms with E-state index in [1.165, 1.54) is 19.3 Å². The lowest BCUT2D eigenvalue weighted by atomic mass is 10.0. The van der Waals surface area contributed by atoms with Crippen LogP contribution >= 0.6 is 0 Å². The standard InChI is InChI=1S/C12H25NO2/c1-4-5-6-10(2)9-13-8-7-11(3)12(14)15/h10-11,13H,4-9H2,1-3H3,(H,14,15)/t10-,11-/m0/s1. The van der Waals surface area contributed by atoms with E-state index >= 15 is 0 Å². The van der Waals surface area contributed by atoms with E-state index in [4.69, 9.17) is 5.11 Å². The molecule has 0 fully saturated rings. The SMILES string of the molecule is CCCC[C@H](C)CNCC[C@H](C)C(=O)O. The van der Waals surface area contributed by atoms with E-state index in [-0.39, 0.29) is 5.92 Å². The van der Waals surface area contributed by atoms with E-state index in [0.29, 0.717) is 5.92 Å². The second kappa shape index (κ2) is 8.72. The molecule has 0 amide bonds. The van der Waals surface area contributed by atoms with Crippen molar-refractivity contribution in [1.82, 2.24) is 5.32 Å². The number of nitrogens with one attached hydrogen (secondary N) is 1. The van der Waals surface area contributed by atoms with Gasteiger partial charge in [0.1, 0.15) is 0 Å². The van der Waals surface area contributed by atoms with Crippen molar-refractivity contribution in [3.63, 3.8) is 0 Å². The Morgan fingerprint density at radius 3 is 2.53 bits per heavy atom. The van der Waals surface area contributed by atoms with E-state index in [1.807, 2.05) is 0 Å². The Kier molecular flexibility index (Phi) is 8.38. The van der Waals surface area contributed by atoms with Crippen LogP contribution in [0.1, 0.15) is 46.5 Å². The smallest absolute Gasteiger partial charge is 0.306 e. The summed E-state index contributed by atoms with van der Waals surface area (Å²) in [6, 6.07) is 0. The van der Waals surface area contributed by atoms with Crippen LogP contribution < -0.4 is 5.32 Å². The number of hydrogen-bond acceptors (Lipinski definition) is 2. The average Bonchev–Trinajstić information content (AvgIpc) is 2.20. The summed E-state index contributed by atoms with van der Waals surface area (Å²) >= 11 is 0. The maximum atomic E-state index is 10.5. The van der Waals surface area contributed by atoms with E-state index in [2.05, 4.69) is 19.2 Å². The maximum Gasteiger partial charge on any atom is 0.306 e. The van der Waals surface area contributed by atoms with Crippen molar-refractivity contribution < 1.29 is 9.90 Å². The number of aliphatic carboxylic acids is 1. The topological polar surface area (TPSA) is 49.3 Å². The molecule has 0 unspecified atom stereocenters. The molecule has 0 saturated carbocycles. The van der Waals surface area contributed by atoms with Gasteiger partial charge in [-0.2, -0.15) is 0 Å². The molecule has 2 atom stereocenters. The lowest BCUT2D eigenvalue weighted by Crippen LogP contribution is -2.25. The van der Waals surface area contributed by atoms with Gasteiger partial charge in [-0.05, 0) is 31.8 Å². The molecular weight excluding hydrogens is 190 g/mol. The van der Waals surface area contributed by atoms with Crippen molar-refractivity contribution in [2.75, 3.05) is 13.1 Å². The normalized spacial score (nSPS) is 14.9. The van der Waals surface area contributed by atoms with Gasteiger partial charge in [0.2, 0.25) is 0 Å². The van der Waals surface area contributed by atoms with Crippen LogP contribution in [0.5, 0.6) is 0 Å². The van der Waals surface area contributed by atoms with Crippen LogP contribution in [0.4, 0.5) is 0 Å². The third-order valence-electron chi connectivity index (χ3n) is 2.72. The van der Waals surface area contributed by atoms with Crippen molar-refractivity contribution in [1.29, 1.82) is 0 Å². The van der Waals surface area contributed by atoms with Crippen molar-refractivity contribution in [2.45, 2.75) is 46.5 Å². The maximum absolute atomic E-state index is 10.5. The second-order valence-electron chi connectivity index (χ2n) is 4.48. The average molecular weight is 215 g/mol. The van der Waals surface area contributed by atoms with E-state index in [1.54, 1.807) is 6.92 Å². The Balaban J connectivity index is 3.33. The van der Waals surface area contributed by atoms with Crippen LogP contribution in [-0.4, -0.2) is 24.2 Å². The number of carbonyl (C=O) groups is 1. The van der Waals surface area contributed by atoms with Crippen molar-refractivity contribution >= 4 is 5.97 Å². The van der Waals surface area contributed by atoms with E-state index in [0.717, 1.165) is 19.5 Å². The van der Waals surface area contributed by atoms with Gasteiger partial charge in [-0.25, -0.2) is 0 Å². The number of hydrogen-bond donors (Lipinski definition) is 2. The molecule has 0 heterocycles. The number of rotatable bonds is 9. The summed E-state index contributed by atoms with van der Waals surface area (Å²) < 4.78 is 0.